The van der Waals surface area contributed by atoms with Crippen LogP contribution in [0.4, 0.5) is 4.39 Å². The zero-order valence-electron chi connectivity index (χ0n) is 16.6. The topological polar surface area (TPSA) is 49.4 Å². The Morgan fingerprint density at radius 1 is 1.10 bits per heavy atom. The number of carbonyl (C=O) groups excluding carboxylic acids is 2. The Kier molecular flexibility index (Phi) is 8.93. The summed E-state index contributed by atoms with van der Waals surface area (Å²) in [6, 6.07) is 10.6. The molecular weight excluding hydrogens is 414 g/mol. The van der Waals surface area contributed by atoms with Gasteiger partial charge in [-0.15, -0.1) is 0 Å². The van der Waals surface area contributed by atoms with Gasteiger partial charge in [0.25, 0.3) is 0 Å². The van der Waals surface area contributed by atoms with Crippen molar-refractivity contribution in [1.29, 1.82) is 0 Å². The van der Waals surface area contributed by atoms with Gasteiger partial charge in [0.2, 0.25) is 11.8 Å². The lowest BCUT2D eigenvalue weighted by Crippen LogP contribution is -2.48. The van der Waals surface area contributed by atoms with Gasteiger partial charge in [-0.05, 0) is 37.1 Å². The van der Waals surface area contributed by atoms with Gasteiger partial charge in [-0.1, -0.05) is 60.8 Å². The molecule has 0 heterocycles. The minimum absolute atomic E-state index is 0.113. The first-order valence-corrected chi connectivity index (χ1v) is 10.3. The molecule has 0 aliphatic rings. The van der Waals surface area contributed by atoms with E-state index >= 15 is 0 Å². The molecule has 4 nitrogen and oxygen atoms in total. The Balaban J connectivity index is 2.26. The Hall–Kier alpha value is -2.11. The fraction of sp³-hybridized carbons (Fsp3) is 0.364. The summed E-state index contributed by atoms with van der Waals surface area (Å²) in [6.07, 6.45) is 1.55. The first-order chi connectivity index (χ1) is 13.8. The molecule has 2 aromatic carbocycles. The molecule has 0 aliphatic heterocycles. The Labute approximate surface area is 181 Å². The third-order valence-corrected chi connectivity index (χ3v) is 5.41. The van der Waals surface area contributed by atoms with E-state index in [9.17, 15) is 14.0 Å². The van der Waals surface area contributed by atoms with Crippen molar-refractivity contribution in [3.05, 3.63) is 69.5 Å². The molecule has 0 fully saturated rings. The molecule has 0 saturated carbocycles. The summed E-state index contributed by atoms with van der Waals surface area (Å²) in [4.78, 5) is 27.1. The van der Waals surface area contributed by atoms with E-state index in [2.05, 4.69) is 5.32 Å². The van der Waals surface area contributed by atoms with Crippen LogP contribution in [0.25, 0.3) is 0 Å². The number of unbranched alkanes of at least 4 members (excludes halogenated alkanes) is 1. The van der Waals surface area contributed by atoms with Crippen LogP contribution < -0.4 is 5.32 Å². The Morgan fingerprint density at radius 2 is 1.79 bits per heavy atom. The SMILES string of the molecule is CCCCNC(=O)[C@H](C)N(Cc1ccccc1Cl)C(=O)Cc1c(F)cccc1Cl. The van der Waals surface area contributed by atoms with Gasteiger partial charge in [0.05, 0.1) is 6.42 Å². The van der Waals surface area contributed by atoms with Gasteiger partial charge in [-0.25, -0.2) is 4.39 Å². The number of carbonyl (C=O) groups is 2. The second-order valence-electron chi connectivity index (χ2n) is 6.81. The van der Waals surface area contributed by atoms with Crippen LogP contribution in [0.15, 0.2) is 42.5 Å². The number of nitrogens with one attached hydrogen (secondary N) is 1. The normalized spacial score (nSPS) is 11.8. The van der Waals surface area contributed by atoms with Crippen molar-refractivity contribution in [3.8, 4) is 0 Å². The quantitative estimate of drug-likeness (QED) is 0.559. The van der Waals surface area contributed by atoms with Gasteiger partial charge in [-0.2, -0.15) is 0 Å². The van der Waals surface area contributed by atoms with Crippen LogP contribution in [0.5, 0.6) is 0 Å². The highest BCUT2D eigenvalue weighted by Gasteiger charge is 2.27. The molecule has 29 heavy (non-hydrogen) atoms. The predicted molar refractivity (Wildman–Crippen MR) is 114 cm³/mol. The molecule has 0 radical (unpaired) electrons. The Morgan fingerprint density at radius 3 is 2.45 bits per heavy atom. The molecule has 2 rings (SSSR count). The monoisotopic (exact) mass is 438 g/mol. The van der Waals surface area contributed by atoms with Crippen molar-refractivity contribution in [2.45, 2.75) is 45.7 Å². The third kappa shape index (κ3) is 6.44. The fourth-order valence-electron chi connectivity index (χ4n) is 2.88. The average Bonchev–Trinajstić information content (AvgIpc) is 2.69. The van der Waals surface area contributed by atoms with E-state index in [1.807, 2.05) is 13.0 Å². The molecule has 0 aromatic heterocycles. The van der Waals surface area contributed by atoms with Crippen LogP contribution in [0, 0.1) is 5.82 Å². The summed E-state index contributed by atoms with van der Waals surface area (Å²) in [5.74, 6) is -1.22. The lowest BCUT2D eigenvalue weighted by Gasteiger charge is -2.29. The van der Waals surface area contributed by atoms with Gasteiger partial charge in [0, 0.05) is 28.7 Å². The summed E-state index contributed by atoms with van der Waals surface area (Å²) in [5, 5.41) is 3.51. The second-order valence-corrected chi connectivity index (χ2v) is 7.62. The molecule has 0 spiro atoms. The maximum atomic E-state index is 14.2. The number of amides is 2. The van der Waals surface area contributed by atoms with Crippen molar-refractivity contribution in [3.63, 3.8) is 0 Å². The van der Waals surface area contributed by atoms with Gasteiger partial charge in [0.1, 0.15) is 11.9 Å². The lowest BCUT2D eigenvalue weighted by molar-refractivity contribution is -0.140. The highest BCUT2D eigenvalue weighted by molar-refractivity contribution is 6.31. The standard InChI is InChI=1S/C22H25Cl2FN2O2/c1-3-4-12-26-22(29)15(2)27(14-16-8-5-6-9-18(16)23)21(28)13-17-19(24)10-7-11-20(17)25/h5-11,15H,3-4,12-14H2,1-2H3,(H,26,29)/t15-/m0/s1. The Bertz CT molecular complexity index is 840. The van der Waals surface area contributed by atoms with Gasteiger partial charge in [0.15, 0.2) is 0 Å². The summed E-state index contributed by atoms with van der Waals surface area (Å²) < 4.78 is 14.2. The predicted octanol–water partition coefficient (Wildman–Crippen LogP) is 5.01. The van der Waals surface area contributed by atoms with E-state index in [-0.39, 0.29) is 29.5 Å². The van der Waals surface area contributed by atoms with Gasteiger partial charge < -0.3 is 10.2 Å². The summed E-state index contributed by atoms with van der Waals surface area (Å²) >= 11 is 12.3. The summed E-state index contributed by atoms with van der Waals surface area (Å²) in [6.45, 7) is 4.35. The van der Waals surface area contributed by atoms with Crippen LogP contribution in [-0.4, -0.2) is 29.3 Å². The van der Waals surface area contributed by atoms with E-state index in [0.29, 0.717) is 17.1 Å². The maximum Gasteiger partial charge on any atom is 0.242 e. The van der Waals surface area contributed by atoms with Crippen molar-refractivity contribution in [1.82, 2.24) is 10.2 Å². The highest BCUT2D eigenvalue weighted by atomic mass is 35.5. The van der Waals surface area contributed by atoms with E-state index < -0.39 is 17.8 Å². The van der Waals surface area contributed by atoms with Gasteiger partial charge >= 0.3 is 0 Å². The molecule has 0 unspecified atom stereocenters. The molecule has 0 bridgehead atoms. The number of hydrogen-bond acceptors (Lipinski definition) is 2. The zero-order chi connectivity index (χ0) is 21.4. The lowest BCUT2D eigenvalue weighted by atomic mass is 10.1. The fourth-order valence-corrected chi connectivity index (χ4v) is 3.31. The molecule has 1 atom stereocenters. The van der Waals surface area contributed by atoms with Crippen molar-refractivity contribution < 1.29 is 14.0 Å². The third-order valence-electron chi connectivity index (χ3n) is 4.69. The molecular formula is C22H25Cl2FN2O2. The van der Waals surface area contributed by atoms with Crippen LogP contribution in [-0.2, 0) is 22.6 Å². The maximum absolute atomic E-state index is 14.2. The molecule has 0 aliphatic carbocycles. The number of rotatable bonds is 9. The van der Waals surface area contributed by atoms with E-state index in [1.54, 1.807) is 25.1 Å². The van der Waals surface area contributed by atoms with E-state index in [0.717, 1.165) is 12.8 Å². The van der Waals surface area contributed by atoms with Crippen molar-refractivity contribution in [2.24, 2.45) is 0 Å². The average molecular weight is 439 g/mol. The largest absolute Gasteiger partial charge is 0.354 e. The highest BCUT2D eigenvalue weighted by Crippen LogP contribution is 2.23. The summed E-state index contributed by atoms with van der Waals surface area (Å²) in [7, 11) is 0. The van der Waals surface area contributed by atoms with Crippen LogP contribution >= 0.6 is 23.2 Å². The molecule has 7 heteroatoms. The number of halogens is 3. The van der Waals surface area contributed by atoms with Crippen LogP contribution in [0.2, 0.25) is 10.0 Å². The number of benzene rings is 2. The minimum Gasteiger partial charge on any atom is -0.354 e. The molecule has 2 amide bonds. The van der Waals surface area contributed by atoms with Gasteiger partial charge in [-0.3, -0.25) is 9.59 Å². The molecule has 2 aromatic rings. The smallest absolute Gasteiger partial charge is 0.242 e. The van der Waals surface area contributed by atoms with Crippen LogP contribution in [0.3, 0.4) is 0 Å². The van der Waals surface area contributed by atoms with Crippen molar-refractivity contribution in [2.75, 3.05) is 6.54 Å². The molecule has 156 valence electrons. The first kappa shape index (κ1) is 23.2. The van der Waals surface area contributed by atoms with Crippen molar-refractivity contribution >= 4 is 35.0 Å². The zero-order valence-corrected chi connectivity index (χ0v) is 18.1. The van der Waals surface area contributed by atoms with E-state index in [4.69, 9.17) is 23.2 Å². The first-order valence-electron chi connectivity index (χ1n) is 9.58. The molecule has 1 N–H and O–H groups in total. The van der Waals surface area contributed by atoms with Crippen LogP contribution in [0.1, 0.15) is 37.8 Å². The second kappa shape index (κ2) is 11.2. The number of nitrogens with zero attached hydrogens (tertiary/aromatic N) is 1. The number of hydrogen-bond donors (Lipinski definition) is 1. The minimum atomic E-state index is -0.749. The van der Waals surface area contributed by atoms with E-state index in [1.165, 1.54) is 23.1 Å². The summed E-state index contributed by atoms with van der Waals surface area (Å²) in [5.41, 5.74) is 0.817. The molecule has 0 saturated heterocycles.